The summed E-state index contributed by atoms with van der Waals surface area (Å²) in [5.74, 6) is 1.87. The largest absolute Gasteiger partial charge is 0.496 e. The molecule has 1 aliphatic rings. The molecule has 0 radical (unpaired) electrons. The predicted molar refractivity (Wildman–Crippen MR) is 78.8 cm³/mol. The number of methoxy groups -OCH3 is 1. The second-order valence-electron chi connectivity index (χ2n) is 4.57. The van der Waals surface area contributed by atoms with Crippen molar-refractivity contribution in [3.63, 3.8) is 0 Å². The molecule has 1 aromatic carbocycles. The van der Waals surface area contributed by atoms with Crippen molar-refractivity contribution in [3.05, 3.63) is 45.6 Å². The summed E-state index contributed by atoms with van der Waals surface area (Å²) in [6.07, 6.45) is 2.15. The monoisotopic (exact) mass is 294 g/mol. The molecule has 0 bridgehead atoms. The molecule has 0 aliphatic carbocycles. The molecule has 2 aromatic rings. The van der Waals surface area contributed by atoms with Gasteiger partial charge in [-0.2, -0.15) is 0 Å². The van der Waals surface area contributed by atoms with Crippen LogP contribution in [-0.4, -0.2) is 13.7 Å². The number of hydrogen-bond acceptors (Lipinski definition) is 3. The zero-order valence-corrected chi connectivity index (χ0v) is 12.3. The fourth-order valence-electron chi connectivity index (χ4n) is 2.28. The van der Waals surface area contributed by atoms with Crippen LogP contribution in [0.15, 0.2) is 29.6 Å². The third-order valence-corrected chi connectivity index (χ3v) is 4.90. The molecular weight excluding hydrogens is 280 g/mol. The minimum atomic E-state index is -0.124. The summed E-state index contributed by atoms with van der Waals surface area (Å²) < 4.78 is 10.8. The minimum Gasteiger partial charge on any atom is -0.496 e. The van der Waals surface area contributed by atoms with E-state index < -0.39 is 0 Å². The summed E-state index contributed by atoms with van der Waals surface area (Å²) in [6, 6.07) is 8.24. The zero-order chi connectivity index (χ0) is 13.2. The Hall–Kier alpha value is -1.19. The molecule has 0 N–H and O–H groups in total. The first kappa shape index (κ1) is 12.8. The molecular formula is C15H15ClO2S. The smallest absolute Gasteiger partial charge is 0.129 e. The Labute approximate surface area is 121 Å². The molecule has 1 aromatic heterocycles. The Balaban J connectivity index is 1.88. The number of alkyl halides is 1. The molecule has 2 heterocycles. The third kappa shape index (κ3) is 2.58. The summed E-state index contributed by atoms with van der Waals surface area (Å²) in [5.41, 5.74) is 2.38. The number of fused-ring (bicyclic) bond motifs is 1. The van der Waals surface area contributed by atoms with Gasteiger partial charge in [-0.25, -0.2) is 0 Å². The van der Waals surface area contributed by atoms with Crippen molar-refractivity contribution in [1.29, 1.82) is 0 Å². The van der Waals surface area contributed by atoms with Crippen molar-refractivity contribution in [2.75, 3.05) is 13.7 Å². The van der Waals surface area contributed by atoms with E-state index in [1.165, 1.54) is 5.56 Å². The maximum atomic E-state index is 6.56. The Morgan fingerprint density at radius 1 is 1.37 bits per heavy atom. The molecule has 0 saturated carbocycles. The van der Waals surface area contributed by atoms with E-state index in [9.17, 15) is 0 Å². The first-order valence-corrected chi connectivity index (χ1v) is 7.61. The molecule has 0 amide bonds. The van der Waals surface area contributed by atoms with Crippen LogP contribution in [0.25, 0.3) is 0 Å². The van der Waals surface area contributed by atoms with E-state index in [1.54, 1.807) is 18.4 Å². The summed E-state index contributed by atoms with van der Waals surface area (Å²) in [7, 11) is 1.67. The van der Waals surface area contributed by atoms with Crippen molar-refractivity contribution in [2.24, 2.45) is 0 Å². The summed E-state index contributed by atoms with van der Waals surface area (Å²) in [4.78, 5) is 1.11. The molecule has 1 atom stereocenters. The number of benzene rings is 1. The van der Waals surface area contributed by atoms with Crippen LogP contribution in [-0.2, 0) is 6.42 Å². The fraction of sp³-hybridized carbons (Fsp3) is 0.333. The first-order chi connectivity index (χ1) is 9.28. The second kappa shape index (κ2) is 5.43. The van der Waals surface area contributed by atoms with Gasteiger partial charge < -0.3 is 9.47 Å². The minimum absolute atomic E-state index is 0.124. The van der Waals surface area contributed by atoms with E-state index in [2.05, 4.69) is 6.07 Å². The number of thiophene rings is 1. The summed E-state index contributed by atoms with van der Waals surface area (Å²) in [6.45, 7) is 0.818. The molecule has 19 heavy (non-hydrogen) atoms. The maximum absolute atomic E-state index is 6.56. The van der Waals surface area contributed by atoms with Crippen LogP contribution in [0, 0.1) is 0 Å². The standard InChI is InChI=1S/C15H15ClO2S/c1-17-12-8-14(19-9-12)15(16)11-4-5-13-10(7-11)3-2-6-18-13/h4-5,7-9,15H,2-3,6H2,1H3. The fourth-order valence-corrected chi connectivity index (χ4v) is 3.49. The van der Waals surface area contributed by atoms with Crippen LogP contribution >= 0.6 is 22.9 Å². The number of halogens is 1. The number of ether oxygens (including phenoxy) is 2. The SMILES string of the molecule is COc1csc(C(Cl)c2ccc3c(c2)CCCO3)c1. The van der Waals surface area contributed by atoms with Gasteiger partial charge in [-0.05, 0) is 36.1 Å². The van der Waals surface area contributed by atoms with Crippen molar-refractivity contribution in [2.45, 2.75) is 18.2 Å². The van der Waals surface area contributed by atoms with Gasteiger partial charge in [0.25, 0.3) is 0 Å². The highest BCUT2D eigenvalue weighted by atomic mass is 35.5. The highest BCUT2D eigenvalue weighted by molar-refractivity contribution is 7.10. The Morgan fingerprint density at radius 3 is 3.05 bits per heavy atom. The Morgan fingerprint density at radius 2 is 2.26 bits per heavy atom. The van der Waals surface area contributed by atoms with Crippen LogP contribution in [0.4, 0.5) is 0 Å². The van der Waals surface area contributed by atoms with E-state index in [0.29, 0.717) is 0 Å². The summed E-state index contributed by atoms with van der Waals surface area (Å²) >= 11 is 8.18. The quantitative estimate of drug-likeness (QED) is 0.781. The van der Waals surface area contributed by atoms with E-state index in [4.69, 9.17) is 21.1 Å². The molecule has 0 fully saturated rings. The van der Waals surface area contributed by atoms with Gasteiger partial charge in [0.15, 0.2) is 0 Å². The van der Waals surface area contributed by atoms with Gasteiger partial charge in [0.05, 0.1) is 19.1 Å². The predicted octanol–water partition coefficient (Wildman–Crippen LogP) is 4.41. The van der Waals surface area contributed by atoms with Crippen molar-refractivity contribution in [3.8, 4) is 11.5 Å². The zero-order valence-electron chi connectivity index (χ0n) is 10.7. The van der Waals surface area contributed by atoms with Crippen LogP contribution in [0.3, 0.4) is 0 Å². The van der Waals surface area contributed by atoms with Crippen LogP contribution in [0.5, 0.6) is 11.5 Å². The lowest BCUT2D eigenvalue weighted by Crippen LogP contribution is -2.08. The lowest BCUT2D eigenvalue weighted by molar-refractivity contribution is 0.288. The highest BCUT2D eigenvalue weighted by Gasteiger charge is 2.17. The molecule has 2 nitrogen and oxygen atoms in total. The topological polar surface area (TPSA) is 18.5 Å². The Bertz CT molecular complexity index is 579. The van der Waals surface area contributed by atoms with Gasteiger partial charge in [0, 0.05) is 10.3 Å². The van der Waals surface area contributed by atoms with E-state index in [0.717, 1.165) is 41.4 Å². The van der Waals surface area contributed by atoms with Crippen molar-refractivity contribution in [1.82, 2.24) is 0 Å². The van der Waals surface area contributed by atoms with E-state index in [1.807, 2.05) is 23.6 Å². The Kier molecular flexibility index (Phi) is 3.67. The van der Waals surface area contributed by atoms with E-state index >= 15 is 0 Å². The molecule has 4 heteroatoms. The molecule has 0 spiro atoms. The number of rotatable bonds is 3. The highest BCUT2D eigenvalue weighted by Crippen LogP contribution is 2.37. The maximum Gasteiger partial charge on any atom is 0.129 e. The van der Waals surface area contributed by atoms with Gasteiger partial charge in [-0.3, -0.25) is 0 Å². The number of hydrogen-bond donors (Lipinski definition) is 0. The van der Waals surface area contributed by atoms with Crippen LogP contribution in [0.1, 0.15) is 27.8 Å². The third-order valence-electron chi connectivity index (χ3n) is 3.31. The molecule has 1 aliphatic heterocycles. The van der Waals surface area contributed by atoms with Crippen LogP contribution < -0.4 is 9.47 Å². The summed E-state index contributed by atoms with van der Waals surface area (Å²) in [5, 5.41) is 1.85. The van der Waals surface area contributed by atoms with Crippen LogP contribution in [0.2, 0.25) is 0 Å². The van der Waals surface area contributed by atoms with Gasteiger partial charge >= 0.3 is 0 Å². The lowest BCUT2D eigenvalue weighted by Gasteiger charge is -2.19. The molecule has 0 saturated heterocycles. The second-order valence-corrected chi connectivity index (χ2v) is 5.95. The average Bonchev–Trinajstić information content (AvgIpc) is 2.95. The normalized spacial score (nSPS) is 15.5. The van der Waals surface area contributed by atoms with E-state index in [-0.39, 0.29) is 5.38 Å². The average molecular weight is 295 g/mol. The number of aryl methyl sites for hydroxylation is 1. The van der Waals surface area contributed by atoms with Gasteiger partial charge in [-0.15, -0.1) is 22.9 Å². The lowest BCUT2D eigenvalue weighted by atomic mass is 10.0. The molecule has 1 unspecified atom stereocenters. The molecule has 3 rings (SSSR count). The molecule has 100 valence electrons. The van der Waals surface area contributed by atoms with Gasteiger partial charge in [0.1, 0.15) is 11.5 Å². The van der Waals surface area contributed by atoms with Gasteiger partial charge in [0.2, 0.25) is 0 Å². The van der Waals surface area contributed by atoms with Crippen molar-refractivity contribution >= 4 is 22.9 Å². The first-order valence-electron chi connectivity index (χ1n) is 6.30. The van der Waals surface area contributed by atoms with Gasteiger partial charge in [-0.1, -0.05) is 12.1 Å². The van der Waals surface area contributed by atoms with Crippen molar-refractivity contribution < 1.29 is 9.47 Å².